The molecule has 1 aliphatic heterocycles. The summed E-state index contributed by atoms with van der Waals surface area (Å²) in [6.07, 6.45) is 2.85. The lowest BCUT2D eigenvalue weighted by molar-refractivity contribution is 0.387. The van der Waals surface area contributed by atoms with Crippen molar-refractivity contribution in [3.63, 3.8) is 0 Å². The van der Waals surface area contributed by atoms with Crippen LogP contribution in [0.5, 0.6) is 0 Å². The second-order valence-electron chi connectivity index (χ2n) is 4.69. The number of aromatic nitrogens is 2. The van der Waals surface area contributed by atoms with Crippen LogP contribution in [0.1, 0.15) is 6.42 Å². The van der Waals surface area contributed by atoms with Gasteiger partial charge in [0, 0.05) is 30.7 Å². The number of rotatable bonds is 3. The minimum absolute atomic E-state index is 0.499. The monoisotopic (exact) mass is 262 g/mol. The summed E-state index contributed by atoms with van der Waals surface area (Å²) >= 11 is 6.05. The SMILES string of the molecule is NCCC1CN(c2nc(Cl)cc3ncccc23)C1. The Morgan fingerprint density at radius 1 is 1.44 bits per heavy atom. The highest BCUT2D eigenvalue weighted by Gasteiger charge is 2.28. The molecule has 1 aliphatic rings. The van der Waals surface area contributed by atoms with Crippen molar-refractivity contribution in [3.8, 4) is 0 Å². The Morgan fingerprint density at radius 3 is 3.06 bits per heavy atom. The zero-order chi connectivity index (χ0) is 12.5. The Labute approximate surface area is 111 Å². The average molecular weight is 263 g/mol. The molecule has 4 nitrogen and oxygen atoms in total. The molecule has 0 unspecified atom stereocenters. The van der Waals surface area contributed by atoms with Crippen molar-refractivity contribution in [1.82, 2.24) is 9.97 Å². The van der Waals surface area contributed by atoms with E-state index in [0.29, 0.717) is 11.1 Å². The van der Waals surface area contributed by atoms with Crippen LogP contribution >= 0.6 is 11.6 Å². The van der Waals surface area contributed by atoms with Crippen LogP contribution in [-0.2, 0) is 0 Å². The van der Waals surface area contributed by atoms with Crippen LogP contribution in [0.2, 0.25) is 5.15 Å². The van der Waals surface area contributed by atoms with Crippen molar-refractivity contribution < 1.29 is 0 Å². The van der Waals surface area contributed by atoms with Gasteiger partial charge in [0.1, 0.15) is 11.0 Å². The summed E-state index contributed by atoms with van der Waals surface area (Å²) in [5.41, 5.74) is 6.47. The van der Waals surface area contributed by atoms with E-state index in [-0.39, 0.29) is 0 Å². The normalized spacial score (nSPS) is 16.0. The highest BCUT2D eigenvalue weighted by molar-refractivity contribution is 6.30. The van der Waals surface area contributed by atoms with E-state index in [0.717, 1.165) is 42.8 Å². The quantitative estimate of drug-likeness (QED) is 0.861. The fourth-order valence-corrected chi connectivity index (χ4v) is 2.61. The largest absolute Gasteiger partial charge is 0.355 e. The molecule has 2 N–H and O–H groups in total. The van der Waals surface area contributed by atoms with Crippen molar-refractivity contribution >= 4 is 28.3 Å². The Morgan fingerprint density at radius 2 is 2.28 bits per heavy atom. The zero-order valence-corrected chi connectivity index (χ0v) is 10.8. The number of anilines is 1. The first kappa shape index (κ1) is 11.7. The molecule has 2 aromatic heterocycles. The number of hydrogen-bond acceptors (Lipinski definition) is 4. The molecule has 0 spiro atoms. The van der Waals surface area contributed by atoms with Crippen LogP contribution in [0.15, 0.2) is 24.4 Å². The van der Waals surface area contributed by atoms with E-state index in [2.05, 4.69) is 14.9 Å². The summed E-state index contributed by atoms with van der Waals surface area (Å²) in [4.78, 5) is 11.0. The summed E-state index contributed by atoms with van der Waals surface area (Å²) in [6, 6.07) is 5.77. The summed E-state index contributed by atoms with van der Waals surface area (Å²) in [5, 5.41) is 1.56. The van der Waals surface area contributed by atoms with Crippen LogP contribution in [0.25, 0.3) is 10.9 Å². The Hall–Kier alpha value is -1.39. The maximum Gasteiger partial charge on any atom is 0.139 e. The molecular weight excluding hydrogens is 248 g/mol. The van der Waals surface area contributed by atoms with Crippen molar-refractivity contribution in [2.45, 2.75) is 6.42 Å². The summed E-state index contributed by atoms with van der Waals surface area (Å²) in [6.45, 7) is 2.77. The van der Waals surface area contributed by atoms with Gasteiger partial charge < -0.3 is 10.6 Å². The number of fused-ring (bicyclic) bond motifs is 1. The molecule has 0 bridgehead atoms. The molecule has 1 fully saturated rings. The van der Waals surface area contributed by atoms with Gasteiger partial charge in [0.2, 0.25) is 0 Å². The van der Waals surface area contributed by atoms with Crippen LogP contribution in [0.4, 0.5) is 5.82 Å². The average Bonchev–Trinajstić information content (AvgIpc) is 2.32. The van der Waals surface area contributed by atoms with E-state index >= 15 is 0 Å². The lowest BCUT2D eigenvalue weighted by Crippen LogP contribution is -2.48. The lowest BCUT2D eigenvalue weighted by Gasteiger charge is -2.40. The summed E-state index contributed by atoms with van der Waals surface area (Å²) < 4.78 is 0. The molecular formula is C13H15ClN4. The van der Waals surface area contributed by atoms with Crippen LogP contribution in [0.3, 0.4) is 0 Å². The minimum Gasteiger partial charge on any atom is -0.355 e. The molecule has 2 aromatic rings. The van der Waals surface area contributed by atoms with E-state index in [1.165, 1.54) is 0 Å². The fraction of sp³-hybridized carbons (Fsp3) is 0.385. The maximum absolute atomic E-state index is 6.05. The number of nitrogens with zero attached hydrogens (tertiary/aromatic N) is 3. The topological polar surface area (TPSA) is 55.0 Å². The number of halogens is 1. The minimum atomic E-state index is 0.499. The lowest BCUT2D eigenvalue weighted by atomic mass is 9.96. The Bertz CT molecular complexity index is 566. The Kier molecular flexibility index (Phi) is 3.06. The van der Waals surface area contributed by atoms with E-state index < -0.39 is 0 Å². The van der Waals surface area contributed by atoms with Gasteiger partial charge in [-0.2, -0.15) is 0 Å². The molecule has 0 radical (unpaired) electrons. The predicted octanol–water partition coefficient (Wildman–Crippen LogP) is 2.07. The van der Waals surface area contributed by atoms with Gasteiger partial charge in [0.15, 0.2) is 0 Å². The molecule has 3 heterocycles. The number of pyridine rings is 2. The fourth-order valence-electron chi connectivity index (χ4n) is 2.43. The molecule has 0 aliphatic carbocycles. The van der Waals surface area contributed by atoms with Gasteiger partial charge in [-0.05, 0) is 31.0 Å². The van der Waals surface area contributed by atoms with Crippen molar-refractivity contribution in [3.05, 3.63) is 29.5 Å². The van der Waals surface area contributed by atoms with E-state index in [9.17, 15) is 0 Å². The van der Waals surface area contributed by atoms with Crippen LogP contribution < -0.4 is 10.6 Å². The molecule has 0 amide bonds. The molecule has 18 heavy (non-hydrogen) atoms. The molecule has 5 heteroatoms. The first-order chi connectivity index (χ1) is 8.78. The molecule has 0 atom stereocenters. The Balaban J connectivity index is 1.93. The maximum atomic E-state index is 6.05. The van der Waals surface area contributed by atoms with Crippen molar-refractivity contribution in [2.75, 3.05) is 24.5 Å². The van der Waals surface area contributed by atoms with E-state index in [1.54, 1.807) is 12.3 Å². The molecule has 3 rings (SSSR count). The molecule has 0 saturated carbocycles. The van der Waals surface area contributed by atoms with Crippen LogP contribution in [0, 0.1) is 5.92 Å². The predicted molar refractivity (Wildman–Crippen MR) is 73.9 cm³/mol. The second kappa shape index (κ2) is 4.71. The van der Waals surface area contributed by atoms with Gasteiger partial charge in [0.05, 0.1) is 5.52 Å². The van der Waals surface area contributed by atoms with E-state index in [1.807, 2.05) is 12.1 Å². The van der Waals surface area contributed by atoms with E-state index in [4.69, 9.17) is 17.3 Å². The first-order valence-corrected chi connectivity index (χ1v) is 6.52. The molecule has 1 saturated heterocycles. The first-order valence-electron chi connectivity index (χ1n) is 6.14. The third-order valence-corrected chi connectivity index (χ3v) is 3.57. The third kappa shape index (κ3) is 2.02. The third-order valence-electron chi connectivity index (χ3n) is 3.38. The van der Waals surface area contributed by atoms with Gasteiger partial charge in [-0.1, -0.05) is 11.6 Å². The van der Waals surface area contributed by atoms with Gasteiger partial charge >= 0.3 is 0 Å². The van der Waals surface area contributed by atoms with Gasteiger partial charge in [-0.3, -0.25) is 4.98 Å². The summed E-state index contributed by atoms with van der Waals surface area (Å²) in [5.74, 6) is 1.63. The number of nitrogens with two attached hydrogens (primary N) is 1. The smallest absolute Gasteiger partial charge is 0.139 e. The number of hydrogen-bond donors (Lipinski definition) is 1. The second-order valence-corrected chi connectivity index (χ2v) is 5.07. The van der Waals surface area contributed by atoms with Crippen molar-refractivity contribution in [1.29, 1.82) is 0 Å². The van der Waals surface area contributed by atoms with Crippen molar-refractivity contribution in [2.24, 2.45) is 11.7 Å². The van der Waals surface area contributed by atoms with Crippen LogP contribution in [-0.4, -0.2) is 29.6 Å². The molecule has 0 aromatic carbocycles. The van der Waals surface area contributed by atoms with Gasteiger partial charge in [-0.15, -0.1) is 0 Å². The van der Waals surface area contributed by atoms with Gasteiger partial charge in [-0.25, -0.2) is 4.98 Å². The highest BCUT2D eigenvalue weighted by atomic mass is 35.5. The standard InChI is InChI=1S/C13H15ClN4/c14-12-6-11-10(2-1-5-16-11)13(17-12)18-7-9(8-18)3-4-15/h1-2,5-6,9H,3-4,7-8,15H2. The molecule has 94 valence electrons. The van der Waals surface area contributed by atoms with Gasteiger partial charge in [0.25, 0.3) is 0 Å². The highest BCUT2D eigenvalue weighted by Crippen LogP contribution is 2.31. The zero-order valence-electron chi connectivity index (χ0n) is 10.0. The summed E-state index contributed by atoms with van der Waals surface area (Å²) in [7, 11) is 0.